The smallest absolute Gasteiger partial charge is 0.238 e. The molecule has 0 unspecified atom stereocenters. The summed E-state index contributed by atoms with van der Waals surface area (Å²) in [6.45, 7) is 0.423. The van der Waals surface area contributed by atoms with Gasteiger partial charge in [0.1, 0.15) is 17.5 Å². The summed E-state index contributed by atoms with van der Waals surface area (Å²) in [4.78, 5) is 13.5. The third-order valence-corrected chi connectivity index (χ3v) is 2.98. The molecule has 2 aromatic carbocycles. The van der Waals surface area contributed by atoms with Gasteiger partial charge in [-0.2, -0.15) is 0 Å². The maximum Gasteiger partial charge on any atom is 0.238 e. The van der Waals surface area contributed by atoms with Gasteiger partial charge in [-0.1, -0.05) is 12.1 Å². The zero-order chi connectivity index (χ0) is 16.1. The van der Waals surface area contributed by atoms with Gasteiger partial charge in [-0.3, -0.25) is 9.69 Å². The molecule has 1 N–H and O–H groups in total. The fourth-order valence-electron chi connectivity index (χ4n) is 1.99. The van der Waals surface area contributed by atoms with Crippen LogP contribution in [0.4, 0.5) is 18.9 Å². The first-order valence-corrected chi connectivity index (χ1v) is 6.62. The van der Waals surface area contributed by atoms with Crippen LogP contribution < -0.4 is 5.32 Å². The van der Waals surface area contributed by atoms with E-state index in [1.807, 2.05) is 0 Å². The van der Waals surface area contributed by atoms with Gasteiger partial charge in [0.05, 0.1) is 12.2 Å². The number of amides is 1. The van der Waals surface area contributed by atoms with Crippen LogP contribution in [0.2, 0.25) is 0 Å². The van der Waals surface area contributed by atoms with Crippen molar-refractivity contribution in [1.29, 1.82) is 0 Å². The van der Waals surface area contributed by atoms with E-state index in [0.717, 1.165) is 23.8 Å². The monoisotopic (exact) mass is 308 g/mol. The largest absolute Gasteiger partial charge is 0.322 e. The molecule has 0 spiro atoms. The van der Waals surface area contributed by atoms with Crippen molar-refractivity contribution in [3.05, 3.63) is 65.5 Å². The molecule has 2 aromatic rings. The molecule has 3 nitrogen and oxygen atoms in total. The lowest BCUT2D eigenvalue weighted by molar-refractivity contribution is -0.117. The number of nitrogens with one attached hydrogen (secondary N) is 1. The van der Waals surface area contributed by atoms with E-state index in [2.05, 4.69) is 5.32 Å². The van der Waals surface area contributed by atoms with Crippen LogP contribution in [0, 0.1) is 17.5 Å². The van der Waals surface area contributed by atoms with Crippen molar-refractivity contribution >= 4 is 11.6 Å². The number of nitrogens with zero attached hydrogens (tertiary/aromatic N) is 1. The highest BCUT2D eigenvalue weighted by Gasteiger charge is 2.11. The number of benzene rings is 2. The Balaban J connectivity index is 1.91. The van der Waals surface area contributed by atoms with E-state index < -0.39 is 17.5 Å². The van der Waals surface area contributed by atoms with Gasteiger partial charge in [-0.25, -0.2) is 13.2 Å². The van der Waals surface area contributed by atoms with Gasteiger partial charge in [0.2, 0.25) is 5.91 Å². The third-order valence-electron chi connectivity index (χ3n) is 2.98. The Morgan fingerprint density at radius 1 is 1.05 bits per heavy atom. The number of hydrogen-bond donors (Lipinski definition) is 1. The highest BCUT2D eigenvalue weighted by Crippen LogP contribution is 2.15. The molecule has 0 aliphatic rings. The number of carbonyl (C=O) groups excluding carboxylic acids is 1. The minimum atomic E-state index is -0.698. The highest BCUT2D eigenvalue weighted by atomic mass is 19.1. The summed E-state index contributed by atoms with van der Waals surface area (Å²) >= 11 is 0. The molecule has 0 heterocycles. The zero-order valence-electron chi connectivity index (χ0n) is 11.9. The van der Waals surface area contributed by atoms with Crippen molar-refractivity contribution in [3.63, 3.8) is 0 Å². The van der Waals surface area contributed by atoms with Crippen LogP contribution >= 0.6 is 0 Å². The van der Waals surface area contributed by atoms with E-state index in [9.17, 15) is 18.0 Å². The predicted octanol–water partition coefficient (Wildman–Crippen LogP) is 3.17. The van der Waals surface area contributed by atoms with Gasteiger partial charge in [-0.05, 0) is 36.9 Å². The number of hydrogen-bond acceptors (Lipinski definition) is 2. The summed E-state index contributed by atoms with van der Waals surface area (Å²) in [5, 5.41) is 2.32. The molecule has 0 bridgehead atoms. The topological polar surface area (TPSA) is 32.3 Å². The lowest BCUT2D eigenvalue weighted by Crippen LogP contribution is -2.30. The number of anilines is 1. The summed E-state index contributed by atoms with van der Waals surface area (Å²) < 4.78 is 39.2. The first-order chi connectivity index (χ1) is 10.4. The Morgan fingerprint density at radius 3 is 2.36 bits per heavy atom. The lowest BCUT2D eigenvalue weighted by Gasteiger charge is -2.16. The molecular formula is C16H15F3N2O. The SMILES string of the molecule is CN(CC(=O)Nc1cc(F)ccc1F)Cc1ccc(F)cc1. The Labute approximate surface area is 126 Å². The van der Waals surface area contributed by atoms with Crippen molar-refractivity contribution in [1.82, 2.24) is 4.90 Å². The molecule has 2 rings (SSSR count). The molecule has 0 aliphatic heterocycles. The molecule has 0 atom stereocenters. The standard InChI is InChI=1S/C16H15F3N2O/c1-21(9-11-2-4-12(17)5-3-11)10-16(22)20-15-8-13(18)6-7-14(15)19/h2-8H,9-10H2,1H3,(H,20,22). The summed E-state index contributed by atoms with van der Waals surface area (Å²) in [5.41, 5.74) is 0.647. The second-order valence-corrected chi connectivity index (χ2v) is 4.97. The normalized spacial score (nSPS) is 10.8. The first-order valence-electron chi connectivity index (χ1n) is 6.62. The second-order valence-electron chi connectivity index (χ2n) is 4.97. The molecule has 0 fully saturated rings. The molecule has 0 saturated carbocycles. The molecule has 0 saturated heterocycles. The maximum absolute atomic E-state index is 13.4. The van der Waals surface area contributed by atoms with E-state index in [0.29, 0.717) is 6.54 Å². The minimum absolute atomic E-state index is 0.00662. The molecule has 0 aromatic heterocycles. The number of rotatable bonds is 5. The first kappa shape index (κ1) is 16.0. The van der Waals surface area contributed by atoms with Crippen LogP contribution in [-0.2, 0) is 11.3 Å². The molecule has 6 heteroatoms. The average molecular weight is 308 g/mol. The molecule has 0 aliphatic carbocycles. The fraction of sp³-hybridized carbons (Fsp3) is 0.188. The number of carbonyl (C=O) groups is 1. The fourth-order valence-corrected chi connectivity index (χ4v) is 1.99. The maximum atomic E-state index is 13.4. The van der Waals surface area contributed by atoms with Crippen molar-refractivity contribution < 1.29 is 18.0 Å². The Bertz CT molecular complexity index is 659. The lowest BCUT2D eigenvalue weighted by atomic mass is 10.2. The summed E-state index contributed by atoms with van der Waals surface area (Å²) in [5.74, 6) is -2.12. The Kier molecular flexibility index (Phi) is 5.16. The second kappa shape index (κ2) is 7.09. The van der Waals surface area contributed by atoms with Crippen molar-refractivity contribution in [3.8, 4) is 0 Å². The van der Waals surface area contributed by atoms with Crippen molar-refractivity contribution in [2.24, 2.45) is 0 Å². The minimum Gasteiger partial charge on any atom is -0.322 e. The van der Waals surface area contributed by atoms with E-state index in [4.69, 9.17) is 0 Å². The molecule has 116 valence electrons. The summed E-state index contributed by atoms with van der Waals surface area (Å²) in [7, 11) is 1.70. The van der Waals surface area contributed by atoms with E-state index in [1.165, 1.54) is 12.1 Å². The number of halogens is 3. The molecule has 0 radical (unpaired) electrons. The Morgan fingerprint density at radius 2 is 1.68 bits per heavy atom. The van der Waals surface area contributed by atoms with Crippen LogP contribution in [-0.4, -0.2) is 24.4 Å². The molecule has 1 amide bonds. The van der Waals surface area contributed by atoms with Crippen LogP contribution in [0.25, 0.3) is 0 Å². The van der Waals surface area contributed by atoms with Crippen LogP contribution in [0.15, 0.2) is 42.5 Å². The van der Waals surface area contributed by atoms with Gasteiger partial charge >= 0.3 is 0 Å². The van der Waals surface area contributed by atoms with Crippen LogP contribution in [0.5, 0.6) is 0 Å². The number of likely N-dealkylation sites (N-methyl/N-ethyl adjacent to an activating group) is 1. The van der Waals surface area contributed by atoms with Crippen LogP contribution in [0.1, 0.15) is 5.56 Å². The summed E-state index contributed by atoms with van der Waals surface area (Å²) in [6, 6.07) is 8.77. The van der Waals surface area contributed by atoms with Crippen LogP contribution in [0.3, 0.4) is 0 Å². The molecular weight excluding hydrogens is 293 g/mol. The van der Waals surface area contributed by atoms with Crippen molar-refractivity contribution in [2.75, 3.05) is 18.9 Å². The summed E-state index contributed by atoms with van der Waals surface area (Å²) in [6.07, 6.45) is 0. The molecule has 22 heavy (non-hydrogen) atoms. The third kappa shape index (κ3) is 4.60. The predicted molar refractivity (Wildman–Crippen MR) is 77.7 cm³/mol. The van der Waals surface area contributed by atoms with E-state index in [1.54, 1.807) is 24.1 Å². The van der Waals surface area contributed by atoms with E-state index >= 15 is 0 Å². The van der Waals surface area contributed by atoms with Gasteiger partial charge in [0.25, 0.3) is 0 Å². The quantitative estimate of drug-likeness (QED) is 0.920. The van der Waals surface area contributed by atoms with Gasteiger partial charge in [0.15, 0.2) is 0 Å². The Hall–Kier alpha value is -2.34. The van der Waals surface area contributed by atoms with Crippen molar-refractivity contribution in [2.45, 2.75) is 6.54 Å². The average Bonchev–Trinajstić information content (AvgIpc) is 2.45. The van der Waals surface area contributed by atoms with Gasteiger partial charge in [-0.15, -0.1) is 0 Å². The highest BCUT2D eigenvalue weighted by molar-refractivity contribution is 5.92. The van der Waals surface area contributed by atoms with E-state index in [-0.39, 0.29) is 18.0 Å². The zero-order valence-corrected chi connectivity index (χ0v) is 11.9. The van der Waals surface area contributed by atoms with Gasteiger partial charge in [0, 0.05) is 12.6 Å². The van der Waals surface area contributed by atoms with Gasteiger partial charge < -0.3 is 5.32 Å².